The van der Waals surface area contributed by atoms with Crippen molar-refractivity contribution in [2.75, 3.05) is 7.11 Å². The van der Waals surface area contributed by atoms with Gasteiger partial charge >= 0.3 is 0 Å². The quantitative estimate of drug-likeness (QED) is 0.640. The maximum absolute atomic E-state index is 8.56. The first-order chi connectivity index (χ1) is 5.83. The van der Waals surface area contributed by atoms with Gasteiger partial charge in [-0.2, -0.15) is 5.26 Å². The van der Waals surface area contributed by atoms with Gasteiger partial charge < -0.3 is 4.74 Å². The summed E-state index contributed by atoms with van der Waals surface area (Å²) in [4.78, 5) is 0. The molecule has 0 aromatic rings. The molecule has 0 amide bonds. The summed E-state index contributed by atoms with van der Waals surface area (Å²) in [6.45, 7) is 3.88. The molecule has 0 saturated heterocycles. The summed E-state index contributed by atoms with van der Waals surface area (Å²) >= 11 is 0. The number of rotatable bonds is 3. The lowest BCUT2D eigenvalue weighted by Gasteiger charge is -2.20. The summed E-state index contributed by atoms with van der Waals surface area (Å²) < 4.78 is 5.36. The van der Waals surface area contributed by atoms with E-state index < -0.39 is 0 Å². The van der Waals surface area contributed by atoms with Crippen molar-refractivity contribution in [1.82, 2.24) is 0 Å². The average Bonchev–Trinajstić information content (AvgIpc) is 2.47. The standard InChI is InChI=1S/C10H15NO/c1-3-8-4-5-9(6-7-11)10(8)12-2/h5,8-10H,1,3-4,6H2,2H3. The first kappa shape index (κ1) is 9.54. The van der Waals surface area contributed by atoms with Gasteiger partial charge in [-0.05, 0) is 25.2 Å². The Bertz CT molecular complexity index is 173. The van der Waals surface area contributed by atoms with Crippen LogP contribution in [0.1, 0.15) is 19.3 Å². The lowest BCUT2D eigenvalue weighted by atomic mass is 9.97. The minimum absolute atomic E-state index is 0.224. The second kappa shape index (κ2) is 4.47. The van der Waals surface area contributed by atoms with Crippen molar-refractivity contribution in [2.45, 2.75) is 25.4 Å². The smallest absolute Gasteiger partial charge is 0.0640 e. The van der Waals surface area contributed by atoms with Crippen LogP contribution in [-0.2, 0) is 4.74 Å². The largest absolute Gasteiger partial charge is 0.381 e. The van der Waals surface area contributed by atoms with Crippen molar-refractivity contribution in [3.05, 3.63) is 13.3 Å². The second-order valence-electron chi connectivity index (χ2n) is 3.25. The normalized spacial score (nSPS) is 34.9. The van der Waals surface area contributed by atoms with Crippen LogP contribution in [0.4, 0.5) is 0 Å². The Morgan fingerprint density at radius 2 is 2.50 bits per heavy atom. The van der Waals surface area contributed by atoms with Gasteiger partial charge in [-0.25, -0.2) is 0 Å². The number of hydrogen-bond donors (Lipinski definition) is 0. The van der Waals surface area contributed by atoms with Gasteiger partial charge in [-0.1, -0.05) is 6.92 Å². The minimum atomic E-state index is 0.224. The molecule has 2 radical (unpaired) electrons. The Hall–Kier alpha value is -0.550. The van der Waals surface area contributed by atoms with E-state index in [1.54, 1.807) is 7.11 Å². The van der Waals surface area contributed by atoms with Crippen molar-refractivity contribution < 1.29 is 4.74 Å². The van der Waals surface area contributed by atoms with Crippen LogP contribution in [-0.4, -0.2) is 13.2 Å². The van der Waals surface area contributed by atoms with Crippen LogP contribution < -0.4 is 0 Å². The Labute approximate surface area is 74.5 Å². The Balaban J connectivity index is 2.51. The lowest BCUT2D eigenvalue weighted by Crippen LogP contribution is -2.23. The molecule has 3 atom stereocenters. The molecule has 1 rings (SSSR count). The van der Waals surface area contributed by atoms with E-state index in [9.17, 15) is 0 Å². The zero-order valence-electron chi connectivity index (χ0n) is 7.49. The molecule has 0 bridgehead atoms. The van der Waals surface area contributed by atoms with Crippen LogP contribution in [0.2, 0.25) is 0 Å². The average molecular weight is 165 g/mol. The van der Waals surface area contributed by atoms with Crippen molar-refractivity contribution >= 4 is 0 Å². The van der Waals surface area contributed by atoms with Gasteiger partial charge in [-0.15, -0.1) is 0 Å². The molecule has 0 aromatic carbocycles. The summed E-state index contributed by atoms with van der Waals surface area (Å²) in [7, 11) is 1.72. The first-order valence-corrected chi connectivity index (χ1v) is 4.35. The topological polar surface area (TPSA) is 33.0 Å². The molecule has 3 unspecified atom stereocenters. The van der Waals surface area contributed by atoms with E-state index in [0.717, 1.165) is 12.8 Å². The van der Waals surface area contributed by atoms with Crippen LogP contribution in [0.25, 0.3) is 0 Å². The second-order valence-corrected chi connectivity index (χ2v) is 3.25. The van der Waals surface area contributed by atoms with Crippen LogP contribution in [0.3, 0.4) is 0 Å². The monoisotopic (exact) mass is 165 g/mol. The summed E-state index contributed by atoms with van der Waals surface area (Å²) in [5.41, 5.74) is 0. The number of ether oxygens (including phenoxy) is 1. The van der Waals surface area contributed by atoms with Crippen LogP contribution in [0, 0.1) is 36.5 Å². The van der Waals surface area contributed by atoms with Gasteiger partial charge in [0.05, 0.1) is 12.2 Å². The molecule has 0 N–H and O–H groups in total. The van der Waals surface area contributed by atoms with E-state index in [2.05, 4.69) is 19.4 Å². The fraction of sp³-hybridized carbons (Fsp3) is 0.700. The minimum Gasteiger partial charge on any atom is -0.381 e. The highest BCUT2D eigenvalue weighted by Crippen LogP contribution is 2.35. The highest BCUT2D eigenvalue weighted by molar-refractivity contribution is 5.00. The number of nitriles is 1. The summed E-state index contributed by atoms with van der Waals surface area (Å²) in [6, 6.07) is 2.19. The van der Waals surface area contributed by atoms with Gasteiger partial charge in [0.25, 0.3) is 0 Å². The molecule has 1 fully saturated rings. The van der Waals surface area contributed by atoms with Crippen molar-refractivity contribution in [2.24, 2.45) is 11.8 Å². The molecule has 0 aromatic heterocycles. The van der Waals surface area contributed by atoms with Crippen LogP contribution in [0.15, 0.2) is 0 Å². The maximum atomic E-state index is 8.56. The Kier molecular flexibility index (Phi) is 3.55. The molecular formula is C10H15NO. The number of methoxy groups -OCH3 is 1. The lowest BCUT2D eigenvalue weighted by molar-refractivity contribution is 0.0432. The molecule has 2 heteroatoms. The van der Waals surface area contributed by atoms with E-state index in [0.29, 0.717) is 18.3 Å². The highest BCUT2D eigenvalue weighted by atomic mass is 16.5. The van der Waals surface area contributed by atoms with Gasteiger partial charge in [0.2, 0.25) is 0 Å². The molecule has 2 nitrogen and oxygen atoms in total. The van der Waals surface area contributed by atoms with Crippen molar-refractivity contribution in [3.63, 3.8) is 0 Å². The Morgan fingerprint density at radius 1 is 1.75 bits per heavy atom. The van der Waals surface area contributed by atoms with Crippen molar-refractivity contribution in [3.8, 4) is 6.07 Å². The van der Waals surface area contributed by atoms with E-state index in [-0.39, 0.29) is 6.10 Å². The molecule has 66 valence electrons. The molecular weight excluding hydrogens is 150 g/mol. The van der Waals surface area contributed by atoms with Gasteiger partial charge in [0, 0.05) is 19.4 Å². The van der Waals surface area contributed by atoms with E-state index >= 15 is 0 Å². The third kappa shape index (κ3) is 1.78. The molecule has 1 saturated carbocycles. The molecule has 0 spiro atoms. The summed E-state index contributed by atoms with van der Waals surface area (Å²) in [5, 5.41) is 8.56. The molecule has 1 aliphatic rings. The fourth-order valence-electron chi connectivity index (χ4n) is 1.92. The van der Waals surface area contributed by atoms with E-state index in [1.165, 1.54) is 0 Å². The van der Waals surface area contributed by atoms with Crippen LogP contribution >= 0.6 is 0 Å². The van der Waals surface area contributed by atoms with Gasteiger partial charge in [0.1, 0.15) is 0 Å². The molecule has 12 heavy (non-hydrogen) atoms. The molecule has 0 aliphatic heterocycles. The zero-order chi connectivity index (χ0) is 8.97. The van der Waals surface area contributed by atoms with E-state index in [1.807, 2.05) is 0 Å². The zero-order valence-corrected chi connectivity index (χ0v) is 7.49. The number of hydrogen-bond acceptors (Lipinski definition) is 2. The first-order valence-electron chi connectivity index (χ1n) is 4.35. The van der Waals surface area contributed by atoms with Crippen molar-refractivity contribution in [1.29, 1.82) is 5.26 Å². The van der Waals surface area contributed by atoms with E-state index in [4.69, 9.17) is 10.00 Å². The number of nitrogens with zero attached hydrogens (tertiary/aromatic N) is 1. The maximum Gasteiger partial charge on any atom is 0.0640 e. The molecule has 0 heterocycles. The Morgan fingerprint density at radius 3 is 3.00 bits per heavy atom. The predicted molar refractivity (Wildman–Crippen MR) is 46.9 cm³/mol. The molecule has 1 aliphatic carbocycles. The SMILES string of the molecule is [CH2]CC1C[CH]C(CC#N)C1OC. The van der Waals surface area contributed by atoms with Gasteiger partial charge in [0.15, 0.2) is 0 Å². The summed E-state index contributed by atoms with van der Waals surface area (Å²) in [5.74, 6) is 0.847. The van der Waals surface area contributed by atoms with Crippen LogP contribution in [0.5, 0.6) is 0 Å². The van der Waals surface area contributed by atoms with Gasteiger partial charge in [-0.3, -0.25) is 0 Å². The predicted octanol–water partition coefficient (Wildman–Crippen LogP) is 1.98. The third-order valence-electron chi connectivity index (χ3n) is 2.60. The fourth-order valence-corrected chi connectivity index (χ4v) is 1.92. The summed E-state index contributed by atoms with van der Waals surface area (Å²) in [6.07, 6.45) is 4.95. The third-order valence-corrected chi connectivity index (χ3v) is 2.60. The highest BCUT2D eigenvalue weighted by Gasteiger charge is 2.34.